The lowest BCUT2D eigenvalue weighted by Crippen LogP contribution is -2.05. The number of amides is 1. The molecule has 2 aromatic rings. The van der Waals surface area contributed by atoms with Crippen molar-refractivity contribution in [2.75, 3.05) is 12.4 Å². The molecule has 0 radical (unpaired) electrons. The largest absolute Gasteiger partial charge is 0.463 e. The van der Waals surface area contributed by atoms with Gasteiger partial charge in [-0.25, -0.2) is 4.79 Å². The van der Waals surface area contributed by atoms with Crippen LogP contribution in [-0.4, -0.2) is 19.0 Å². The molecule has 0 saturated heterocycles. The van der Waals surface area contributed by atoms with Crippen LogP contribution in [0.5, 0.6) is 0 Å². The van der Waals surface area contributed by atoms with Crippen LogP contribution in [0.1, 0.15) is 17.5 Å². The maximum absolute atomic E-state index is 11.3. The van der Waals surface area contributed by atoms with Crippen molar-refractivity contribution in [1.82, 2.24) is 0 Å². The first-order chi connectivity index (χ1) is 8.10. The van der Waals surface area contributed by atoms with Gasteiger partial charge < -0.3 is 14.5 Å². The maximum atomic E-state index is 11.3. The fourth-order valence-corrected chi connectivity index (χ4v) is 1.53. The predicted octanol–water partition coefficient (Wildman–Crippen LogP) is 2.18. The lowest BCUT2D eigenvalue weighted by molar-refractivity contribution is -0.114. The molecule has 0 bridgehead atoms. The Morgan fingerprint density at radius 3 is 2.71 bits per heavy atom. The monoisotopic (exact) mass is 233 g/mol. The number of hydrogen-bond donors (Lipinski definition) is 1. The van der Waals surface area contributed by atoms with Crippen molar-refractivity contribution in [2.24, 2.45) is 0 Å². The summed E-state index contributed by atoms with van der Waals surface area (Å²) in [6.45, 7) is 1.43. The lowest BCUT2D eigenvalue weighted by Gasteiger charge is -2.00. The third-order valence-electron chi connectivity index (χ3n) is 2.22. The van der Waals surface area contributed by atoms with E-state index in [0.29, 0.717) is 11.3 Å². The molecule has 0 aliphatic heterocycles. The minimum absolute atomic E-state index is 0.141. The average Bonchev–Trinajstić information content (AvgIpc) is 2.70. The van der Waals surface area contributed by atoms with Gasteiger partial charge in [-0.1, -0.05) is 0 Å². The highest BCUT2D eigenvalue weighted by Gasteiger charge is 2.12. The van der Waals surface area contributed by atoms with Crippen molar-refractivity contribution in [2.45, 2.75) is 6.92 Å². The topological polar surface area (TPSA) is 68.5 Å². The Kier molecular flexibility index (Phi) is 2.82. The number of carbonyl (C=O) groups excluding carboxylic acids is 2. The minimum atomic E-state index is -0.526. The van der Waals surface area contributed by atoms with E-state index in [9.17, 15) is 9.59 Å². The van der Waals surface area contributed by atoms with Crippen molar-refractivity contribution < 1.29 is 18.7 Å². The average molecular weight is 233 g/mol. The first-order valence-corrected chi connectivity index (χ1v) is 4.99. The molecular formula is C12H11NO4. The van der Waals surface area contributed by atoms with Crippen LogP contribution in [0, 0.1) is 0 Å². The Balaban J connectivity index is 2.40. The highest BCUT2D eigenvalue weighted by atomic mass is 16.5. The second-order valence-corrected chi connectivity index (χ2v) is 3.54. The van der Waals surface area contributed by atoms with Gasteiger partial charge in [0.1, 0.15) is 5.58 Å². The molecule has 2 rings (SSSR count). The normalized spacial score (nSPS) is 10.2. The molecule has 0 atom stereocenters. The first kappa shape index (κ1) is 11.2. The van der Waals surface area contributed by atoms with Gasteiger partial charge in [-0.3, -0.25) is 4.79 Å². The van der Waals surface area contributed by atoms with Gasteiger partial charge in [0.05, 0.1) is 7.11 Å². The number of hydrogen-bond acceptors (Lipinski definition) is 4. The van der Waals surface area contributed by atoms with Gasteiger partial charge in [0.2, 0.25) is 11.7 Å². The van der Waals surface area contributed by atoms with Crippen LogP contribution in [0.3, 0.4) is 0 Å². The second kappa shape index (κ2) is 4.29. The number of nitrogens with one attached hydrogen (secondary N) is 1. The van der Waals surface area contributed by atoms with E-state index in [2.05, 4.69) is 10.1 Å². The van der Waals surface area contributed by atoms with Crippen LogP contribution in [0.15, 0.2) is 28.7 Å². The number of furan rings is 1. The predicted molar refractivity (Wildman–Crippen MR) is 61.9 cm³/mol. The van der Waals surface area contributed by atoms with Gasteiger partial charge in [-0.05, 0) is 24.3 Å². The summed E-state index contributed by atoms with van der Waals surface area (Å²) in [4.78, 5) is 22.2. The molecule has 1 N–H and O–H groups in total. The summed E-state index contributed by atoms with van der Waals surface area (Å²) in [6, 6.07) is 6.69. The zero-order chi connectivity index (χ0) is 12.4. The molecule has 0 aliphatic carbocycles. The summed E-state index contributed by atoms with van der Waals surface area (Å²) < 4.78 is 9.85. The number of anilines is 1. The molecule has 0 fully saturated rings. The number of ether oxygens (including phenoxy) is 1. The van der Waals surface area contributed by atoms with Crippen molar-refractivity contribution in [3.63, 3.8) is 0 Å². The van der Waals surface area contributed by atoms with Gasteiger partial charge in [-0.15, -0.1) is 0 Å². The molecule has 88 valence electrons. The molecule has 5 heteroatoms. The van der Waals surface area contributed by atoms with E-state index in [1.807, 2.05) is 0 Å². The zero-order valence-corrected chi connectivity index (χ0v) is 9.44. The van der Waals surface area contributed by atoms with Crippen molar-refractivity contribution in [3.05, 3.63) is 30.0 Å². The van der Waals surface area contributed by atoms with Crippen molar-refractivity contribution in [1.29, 1.82) is 0 Å². The number of carbonyl (C=O) groups is 2. The van der Waals surface area contributed by atoms with Crippen LogP contribution < -0.4 is 5.32 Å². The second-order valence-electron chi connectivity index (χ2n) is 3.54. The van der Waals surface area contributed by atoms with E-state index < -0.39 is 5.97 Å². The molecule has 0 saturated carbocycles. The van der Waals surface area contributed by atoms with E-state index in [-0.39, 0.29) is 11.7 Å². The van der Waals surface area contributed by atoms with Gasteiger partial charge in [-0.2, -0.15) is 0 Å². The van der Waals surface area contributed by atoms with Gasteiger partial charge in [0.25, 0.3) is 0 Å². The summed E-state index contributed by atoms with van der Waals surface area (Å²) in [6.07, 6.45) is 0. The smallest absolute Gasteiger partial charge is 0.373 e. The molecule has 0 unspecified atom stereocenters. The number of esters is 1. The standard InChI is InChI=1S/C12H11NO4/c1-7(14)13-9-3-4-10-8(5-9)6-11(17-10)12(15)16-2/h3-6H,1-2H3,(H,13,14). The van der Waals surface area contributed by atoms with Gasteiger partial charge in [0, 0.05) is 18.0 Å². The Hall–Kier alpha value is -2.30. The SMILES string of the molecule is COC(=O)c1cc2cc(NC(C)=O)ccc2o1. The lowest BCUT2D eigenvalue weighted by atomic mass is 10.2. The third-order valence-corrected chi connectivity index (χ3v) is 2.22. The molecule has 1 amide bonds. The summed E-state index contributed by atoms with van der Waals surface area (Å²) in [5.41, 5.74) is 1.22. The fraction of sp³-hybridized carbons (Fsp3) is 0.167. The molecule has 17 heavy (non-hydrogen) atoms. The Bertz CT molecular complexity index is 585. The Morgan fingerprint density at radius 2 is 2.06 bits per heavy atom. The highest BCUT2D eigenvalue weighted by Crippen LogP contribution is 2.23. The van der Waals surface area contributed by atoms with Gasteiger partial charge in [0.15, 0.2) is 0 Å². The zero-order valence-electron chi connectivity index (χ0n) is 9.44. The number of fused-ring (bicyclic) bond motifs is 1. The van der Waals surface area contributed by atoms with Gasteiger partial charge >= 0.3 is 5.97 Å². The van der Waals surface area contributed by atoms with Crippen molar-refractivity contribution in [3.8, 4) is 0 Å². The Labute approximate surface area is 97.4 Å². The quantitative estimate of drug-likeness (QED) is 0.807. The number of benzene rings is 1. The van der Waals surface area contributed by atoms with E-state index in [0.717, 1.165) is 5.39 Å². The summed E-state index contributed by atoms with van der Waals surface area (Å²) in [7, 11) is 1.29. The molecule has 1 aromatic heterocycles. The van der Waals surface area contributed by atoms with Crippen LogP contribution >= 0.6 is 0 Å². The third kappa shape index (κ3) is 2.28. The van der Waals surface area contributed by atoms with Crippen LogP contribution in [0.4, 0.5) is 5.69 Å². The molecule has 0 spiro atoms. The number of methoxy groups -OCH3 is 1. The minimum Gasteiger partial charge on any atom is -0.463 e. The highest BCUT2D eigenvalue weighted by molar-refractivity contribution is 5.95. The van der Waals surface area contributed by atoms with Crippen molar-refractivity contribution >= 4 is 28.5 Å². The first-order valence-electron chi connectivity index (χ1n) is 4.99. The maximum Gasteiger partial charge on any atom is 0.373 e. The molecule has 5 nitrogen and oxygen atoms in total. The van der Waals surface area contributed by atoms with Crippen LogP contribution in [0.25, 0.3) is 11.0 Å². The summed E-state index contributed by atoms with van der Waals surface area (Å²) >= 11 is 0. The van der Waals surface area contributed by atoms with Crippen LogP contribution in [0.2, 0.25) is 0 Å². The van der Waals surface area contributed by atoms with E-state index in [1.165, 1.54) is 14.0 Å². The molecular weight excluding hydrogens is 222 g/mol. The summed E-state index contributed by atoms with van der Waals surface area (Å²) in [5.74, 6) is -0.536. The van der Waals surface area contributed by atoms with Crippen LogP contribution in [-0.2, 0) is 9.53 Å². The molecule has 1 aromatic carbocycles. The molecule has 0 aliphatic rings. The Morgan fingerprint density at radius 1 is 1.29 bits per heavy atom. The number of rotatable bonds is 2. The van der Waals surface area contributed by atoms with E-state index in [1.54, 1.807) is 24.3 Å². The van der Waals surface area contributed by atoms with E-state index in [4.69, 9.17) is 4.42 Å². The fourth-order valence-electron chi connectivity index (χ4n) is 1.53. The molecule has 1 heterocycles. The van der Waals surface area contributed by atoms with E-state index >= 15 is 0 Å². The summed E-state index contributed by atoms with van der Waals surface area (Å²) in [5, 5.41) is 3.39.